The van der Waals surface area contributed by atoms with E-state index in [2.05, 4.69) is 0 Å². The van der Waals surface area contributed by atoms with E-state index in [-0.39, 0.29) is 4.88 Å². The minimum atomic E-state index is -2.73. The maximum Gasteiger partial charge on any atom is 0.437 e. The quantitative estimate of drug-likeness (QED) is 0.424. The zero-order valence-electron chi connectivity index (χ0n) is 7.04. The summed E-state index contributed by atoms with van der Waals surface area (Å²) in [4.78, 5) is 21.9. The number of carbonyl (C=O) groups excluding carboxylic acids is 2. The molecule has 0 saturated heterocycles. The van der Waals surface area contributed by atoms with Crippen LogP contribution in [0.15, 0.2) is 29.3 Å². The lowest BCUT2D eigenvalue weighted by atomic mass is 10.2. The van der Waals surface area contributed by atoms with Crippen LogP contribution in [0.4, 0.5) is 13.3 Å². The average Bonchev–Trinajstić information content (AvgIpc) is 2.78. The maximum atomic E-state index is 13.5. The first-order valence-corrected chi connectivity index (χ1v) is 4.65. The Kier molecular flexibility index (Phi) is 2.02. The highest BCUT2D eigenvalue weighted by atomic mass is 32.1. The Labute approximate surface area is 85.6 Å². The van der Waals surface area contributed by atoms with Gasteiger partial charge in [-0.1, -0.05) is 6.07 Å². The van der Waals surface area contributed by atoms with Gasteiger partial charge in [0, 0.05) is 4.48 Å². The van der Waals surface area contributed by atoms with Crippen LogP contribution >= 0.6 is 11.3 Å². The fraction of sp³-hybridized carbons (Fsp3) is 0. The molecule has 0 aromatic carbocycles. The topological polar surface area (TPSA) is 34.1 Å². The highest BCUT2D eigenvalue weighted by molar-refractivity contribution is 7.12. The van der Waals surface area contributed by atoms with E-state index >= 15 is 0 Å². The minimum Gasteiger partial charge on any atom is -0.219 e. The predicted molar refractivity (Wildman–Crippen MR) is 44.3 cm³/mol. The third-order valence-electron chi connectivity index (χ3n) is 1.93. The number of carbonyl (C=O) groups is 2. The lowest BCUT2D eigenvalue weighted by Gasteiger charge is -2.22. The number of hydrogen-bond acceptors (Lipinski definition) is 3. The SMILES string of the molecule is O=C1C(F)=C(F)[N+]1(F)C(=O)c1cccs1. The predicted octanol–water partition coefficient (Wildman–Crippen LogP) is 2.24. The standard InChI is InChI=1S/C8H3F3NO2S/c9-5-6(10)12(11,8(5)14)7(13)4-2-1-3-15-4/h1-3H/q+1. The normalized spacial score (nSPS) is 25.4. The van der Waals surface area contributed by atoms with Crippen LogP contribution < -0.4 is 0 Å². The zero-order chi connectivity index (χ0) is 11.2. The summed E-state index contributed by atoms with van der Waals surface area (Å²) in [6, 6.07) is 2.66. The molecule has 78 valence electrons. The smallest absolute Gasteiger partial charge is 0.219 e. The molecule has 1 aliphatic rings. The monoisotopic (exact) mass is 234 g/mol. The molecule has 0 radical (unpaired) electrons. The Morgan fingerprint density at radius 2 is 2.07 bits per heavy atom. The third-order valence-corrected chi connectivity index (χ3v) is 2.79. The molecular formula is C8H3F3NO2S+. The Morgan fingerprint density at radius 3 is 2.53 bits per heavy atom. The minimum absolute atomic E-state index is 0.145. The summed E-state index contributed by atoms with van der Waals surface area (Å²) in [7, 11) is 0. The van der Waals surface area contributed by atoms with Gasteiger partial charge in [-0.25, -0.2) is 9.59 Å². The summed E-state index contributed by atoms with van der Waals surface area (Å²) in [6.07, 6.45) is 0. The van der Waals surface area contributed by atoms with Crippen LogP contribution in [0.5, 0.6) is 0 Å². The Balaban J connectivity index is 2.43. The molecule has 0 bridgehead atoms. The van der Waals surface area contributed by atoms with E-state index in [9.17, 15) is 22.9 Å². The molecule has 15 heavy (non-hydrogen) atoms. The highest BCUT2D eigenvalue weighted by Gasteiger charge is 2.67. The molecule has 2 rings (SSSR count). The van der Waals surface area contributed by atoms with Crippen LogP contribution in [0, 0.1) is 0 Å². The molecule has 1 aromatic heterocycles. The second kappa shape index (κ2) is 3.01. The van der Waals surface area contributed by atoms with E-state index in [0.717, 1.165) is 11.3 Å². The molecule has 1 atom stereocenters. The van der Waals surface area contributed by atoms with Gasteiger partial charge in [0.2, 0.25) is 0 Å². The van der Waals surface area contributed by atoms with Crippen LogP contribution in [0.2, 0.25) is 0 Å². The third kappa shape index (κ3) is 1.10. The number of quaternary nitrogens is 1. The van der Waals surface area contributed by atoms with Gasteiger partial charge in [-0.05, 0) is 11.4 Å². The summed E-state index contributed by atoms with van der Waals surface area (Å²) in [6.45, 7) is 0. The maximum absolute atomic E-state index is 13.5. The second-order valence-corrected chi connectivity index (χ2v) is 3.73. The van der Waals surface area contributed by atoms with Crippen LogP contribution in [0.3, 0.4) is 0 Å². The molecular weight excluding hydrogens is 231 g/mol. The van der Waals surface area contributed by atoms with Crippen molar-refractivity contribution in [1.29, 1.82) is 0 Å². The van der Waals surface area contributed by atoms with Crippen molar-refractivity contribution in [2.24, 2.45) is 0 Å². The first kappa shape index (κ1) is 10.1. The number of nitrogens with zero attached hydrogens (tertiary/aromatic N) is 1. The van der Waals surface area contributed by atoms with E-state index in [0.29, 0.717) is 0 Å². The summed E-state index contributed by atoms with van der Waals surface area (Å²) < 4.78 is 35.8. The van der Waals surface area contributed by atoms with Gasteiger partial charge in [0.1, 0.15) is 4.88 Å². The average molecular weight is 234 g/mol. The molecule has 0 fully saturated rings. The van der Waals surface area contributed by atoms with Crippen molar-refractivity contribution in [2.75, 3.05) is 0 Å². The molecule has 0 saturated carbocycles. The summed E-state index contributed by atoms with van der Waals surface area (Å²) in [5.41, 5.74) is 0. The summed E-state index contributed by atoms with van der Waals surface area (Å²) >= 11 is 0.843. The lowest BCUT2D eigenvalue weighted by molar-refractivity contribution is -0.905. The van der Waals surface area contributed by atoms with Crippen molar-refractivity contribution in [2.45, 2.75) is 0 Å². The van der Waals surface area contributed by atoms with Gasteiger partial charge in [0.05, 0.1) is 4.71 Å². The van der Waals surface area contributed by atoms with Gasteiger partial charge < -0.3 is 0 Å². The van der Waals surface area contributed by atoms with Crippen LogP contribution in [-0.2, 0) is 4.79 Å². The van der Waals surface area contributed by atoms with Gasteiger partial charge in [0.15, 0.2) is 0 Å². The van der Waals surface area contributed by atoms with Gasteiger partial charge in [-0.3, -0.25) is 0 Å². The molecule has 0 N–H and O–H groups in total. The van der Waals surface area contributed by atoms with Crippen molar-refractivity contribution in [1.82, 2.24) is 0 Å². The van der Waals surface area contributed by atoms with Crippen molar-refractivity contribution < 1.29 is 27.6 Å². The first-order chi connectivity index (χ1) is 6.99. The van der Waals surface area contributed by atoms with E-state index in [1.165, 1.54) is 17.5 Å². The number of imide groups is 1. The second-order valence-electron chi connectivity index (χ2n) is 2.78. The van der Waals surface area contributed by atoms with Gasteiger partial charge in [-0.15, -0.1) is 15.7 Å². The largest absolute Gasteiger partial charge is 0.437 e. The fourth-order valence-corrected chi connectivity index (χ4v) is 1.82. The Hall–Kier alpha value is -1.47. The van der Waals surface area contributed by atoms with E-state index in [1.807, 2.05) is 0 Å². The molecule has 1 unspecified atom stereocenters. The number of hydrogen-bond donors (Lipinski definition) is 0. The molecule has 1 aliphatic heterocycles. The molecule has 2 heterocycles. The van der Waals surface area contributed by atoms with E-state index in [4.69, 9.17) is 0 Å². The Morgan fingerprint density at radius 1 is 1.40 bits per heavy atom. The summed E-state index contributed by atoms with van der Waals surface area (Å²) in [5.74, 6) is -7.03. The van der Waals surface area contributed by atoms with Crippen molar-refractivity contribution in [3.05, 3.63) is 34.2 Å². The van der Waals surface area contributed by atoms with Crippen molar-refractivity contribution >= 4 is 23.2 Å². The van der Waals surface area contributed by atoms with E-state index in [1.54, 1.807) is 0 Å². The number of halogens is 3. The number of rotatable bonds is 1. The molecule has 7 heteroatoms. The fourth-order valence-electron chi connectivity index (χ4n) is 1.13. The van der Waals surface area contributed by atoms with Gasteiger partial charge >= 0.3 is 23.6 Å². The van der Waals surface area contributed by atoms with Crippen LogP contribution in [0.1, 0.15) is 9.67 Å². The molecule has 1 aromatic rings. The van der Waals surface area contributed by atoms with Crippen LogP contribution in [0.25, 0.3) is 0 Å². The molecule has 0 aliphatic carbocycles. The van der Waals surface area contributed by atoms with Crippen LogP contribution in [-0.4, -0.2) is 16.5 Å². The number of amides is 2. The van der Waals surface area contributed by atoms with Gasteiger partial charge in [-0.2, -0.15) is 4.39 Å². The summed E-state index contributed by atoms with van der Waals surface area (Å²) in [5, 5.41) is 1.46. The Bertz CT molecular complexity index is 482. The highest BCUT2D eigenvalue weighted by Crippen LogP contribution is 2.39. The molecule has 3 nitrogen and oxygen atoms in total. The molecule has 2 amide bonds. The van der Waals surface area contributed by atoms with E-state index < -0.39 is 28.3 Å². The molecule has 0 spiro atoms. The zero-order valence-corrected chi connectivity index (χ0v) is 7.85. The first-order valence-electron chi connectivity index (χ1n) is 3.77. The number of thiophene rings is 1. The van der Waals surface area contributed by atoms with Crippen molar-refractivity contribution in [3.63, 3.8) is 0 Å². The van der Waals surface area contributed by atoms with Crippen molar-refractivity contribution in [3.8, 4) is 0 Å². The lowest BCUT2D eigenvalue weighted by Crippen LogP contribution is -2.55. The van der Waals surface area contributed by atoms with Gasteiger partial charge in [0.25, 0.3) is 0 Å².